The average Bonchev–Trinajstić information content (AvgIpc) is 3.13. The number of carbonyl (C=O) groups is 1. The summed E-state index contributed by atoms with van der Waals surface area (Å²) in [5.41, 5.74) is 0. The predicted octanol–water partition coefficient (Wildman–Crippen LogP) is 4.28. The maximum atomic E-state index is 11.2. The maximum absolute atomic E-state index is 11.2. The number of rotatable bonds is 12. The highest BCUT2D eigenvalue weighted by Gasteiger charge is 2.42. The molecule has 0 aromatic heterocycles. The minimum atomic E-state index is -0.421. The Labute approximate surface area is 198 Å². The lowest BCUT2D eigenvalue weighted by Gasteiger charge is -2.29. The molecule has 2 aliphatic heterocycles. The number of methoxy groups -OCH3 is 1. The van der Waals surface area contributed by atoms with E-state index in [9.17, 15) is 9.90 Å². The van der Waals surface area contributed by atoms with Gasteiger partial charge in [0.2, 0.25) is 0 Å². The topological polar surface area (TPSA) is 83.5 Å². The van der Waals surface area contributed by atoms with Crippen LogP contribution in [0.4, 0.5) is 0 Å². The van der Waals surface area contributed by atoms with Crippen LogP contribution in [0.25, 0.3) is 0 Å². The monoisotopic (exact) mass is 466 g/mol. The van der Waals surface area contributed by atoms with E-state index in [2.05, 4.69) is 23.0 Å². The SMILES string of the molecule is COC(=O)CCCC=CC[C@@H]1[C@@H](C=CCOC2CCCCO2)[C@H](OC2CCCCO2)C[C@@H]1O. The van der Waals surface area contributed by atoms with E-state index in [0.717, 1.165) is 71.0 Å². The molecule has 7 heteroatoms. The molecule has 2 heterocycles. The fraction of sp³-hybridized carbons (Fsp3) is 0.808. The van der Waals surface area contributed by atoms with E-state index >= 15 is 0 Å². The number of allylic oxidation sites excluding steroid dienone is 2. The number of unbranched alkanes of at least 4 members (excludes halogenated alkanes) is 1. The van der Waals surface area contributed by atoms with Crippen LogP contribution in [0, 0.1) is 11.8 Å². The van der Waals surface area contributed by atoms with Crippen molar-refractivity contribution < 1.29 is 33.6 Å². The van der Waals surface area contributed by atoms with Crippen LogP contribution in [0.3, 0.4) is 0 Å². The zero-order valence-electron chi connectivity index (χ0n) is 20.1. The van der Waals surface area contributed by atoms with Gasteiger partial charge in [-0.3, -0.25) is 4.79 Å². The number of aliphatic hydroxyl groups is 1. The standard InChI is InChI=1S/C26H42O7/c1-29-24(28)13-5-3-2-4-11-20-21(12-10-18-31-25-14-6-8-16-30-25)23(19-22(20)27)33-26-15-7-9-17-32-26/h2,4,10,12,20-23,25-27H,3,5-9,11,13-19H2,1H3/t20-,21-,22+,23-,25?,26?/m1/s1. The molecule has 1 aliphatic carbocycles. The van der Waals surface area contributed by atoms with Crippen molar-refractivity contribution in [3.8, 4) is 0 Å². The van der Waals surface area contributed by atoms with Crippen molar-refractivity contribution in [3.05, 3.63) is 24.3 Å². The molecule has 2 saturated heterocycles. The molecule has 0 spiro atoms. The summed E-state index contributed by atoms with van der Waals surface area (Å²) in [6.45, 7) is 2.02. The number of hydrogen-bond acceptors (Lipinski definition) is 7. The first-order valence-corrected chi connectivity index (χ1v) is 12.7. The van der Waals surface area contributed by atoms with Gasteiger partial charge in [0.25, 0.3) is 0 Å². The fourth-order valence-corrected chi connectivity index (χ4v) is 4.90. The normalized spacial score (nSPS) is 33.2. The molecule has 188 valence electrons. The summed E-state index contributed by atoms with van der Waals surface area (Å²) in [5, 5.41) is 10.8. The smallest absolute Gasteiger partial charge is 0.305 e. The third-order valence-electron chi connectivity index (χ3n) is 6.79. The third-order valence-corrected chi connectivity index (χ3v) is 6.79. The van der Waals surface area contributed by atoms with Crippen LogP contribution in [0.2, 0.25) is 0 Å². The highest BCUT2D eigenvalue weighted by molar-refractivity contribution is 5.69. The molecular formula is C26H42O7. The molecule has 3 rings (SSSR count). The minimum absolute atomic E-state index is 0.0667. The number of hydrogen-bond donors (Lipinski definition) is 1. The first kappa shape index (κ1) is 26.4. The second kappa shape index (κ2) is 14.9. The molecule has 3 fully saturated rings. The zero-order valence-corrected chi connectivity index (χ0v) is 20.1. The van der Waals surface area contributed by atoms with Gasteiger partial charge in [-0.2, -0.15) is 0 Å². The molecule has 3 aliphatic rings. The Bertz CT molecular complexity index is 608. The van der Waals surface area contributed by atoms with E-state index in [1.54, 1.807) is 0 Å². The first-order valence-electron chi connectivity index (χ1n) is 12.7. The molecule has 1 N–H and O–H groups in total. The summed E-state index contributed by atoms with van der Waals surface area (Å²) in [7, 11) is 1.41. The summed E-state index contributed by atoms with van der Waals surface area (Å²) in [6, 6.07) is 0. The Morgan fingerprint density at radius 3 is 2.48 bits per heavy atom. The van der Waals surface area contributed by atoms with Gasteiger partial charge in [0.05, 0.1) is 25.9 Å². The largest absolute Gasteiger partial charge is 0.469 e. The van der Waals surface area contributed by atoms with Crippen LogP contribution in [-0.4, -0.2) is 62.8 Å². The molecule has 33 heavy (non-hydrogen) atoms. The van der Waals surface area contributed by atoms with Crippen LogP contribution in [0.5, 0.6) is 0 Å². The average molecular weight is 467 g/mol. The van der Waals surface area contributed by atoms with Crippen molar-refractivity contribution in [1.29, 1.82) is 0 Å². The van der Waals surface area contributed by atoms with Gasteiger partial charge in [0.15, 0.2) is 12.6 Å². The lowest BCUT2D eigenvalue weighted by Crippen LogP contribution is -2.30. The Balaban J connectivity index is 1.52. The number of esters is 1. The zero-order chi connectivity index (χ0) is 23.3. The van der Waals surface area contributed by atoms with Crippen LogP contribution < -0.4 is 0 Å². The van der Waals surface area contributed by atoms with Gasteiger partial charge >= 0.3 is 5.97 Å². The predicted molar refractivity (Wildman–Crippen MR) is 124 cm³/mol. The molecule has 0 amide bonds. The van der Waals surface area contributed by atoms with Gasteiger partial charge in [0.1, 0.15) is 0 Å². The first-order chi connectivity index (χ1) is 16.2. The second-order valence-corrected chi connectivity index (χ2v) is 9.25. The van der Waals surface area contributed by atoms with Crippen LogP contribution in [0.15, 0.2) is 24.3 Å². The van der Waals surface area contributed by atoms with Gasteiger partial charge in [-0.15, -0.1) is 0 Å². The highest BCUT2D eigenvalue weighted by Crippen LogP contribution is 2.39. The van der Waals surface area contributed by atoms with Gasteiger partial charge in [-0.25, -0.2) is 0 Å². The van der Waals surface area contributed by atoms with E-state index in [1.165, 1.54) is 7.11 Å². The highest BCUT2D eigenvalue weighted by atomic mass is 16.7. The third kappa shape index (κ3) is 9.13. The molecule has 7 nitrogen and oxygen atoms in total. The van der Waals surface area contributed by atoms with E-state index in [-0.39, 0.29) is 36.5 Å². The van der Waals surface area contributed by atoms with Crippen LogP contribution in [-0.2, 0) is 28.5 Å². The molecule has 1 saturated carbocycles. The molecule has 2 unspecified atom stereocenters. The Hall–Kier alpha value is -1.25. The second-order valence-electron chi connectivity index (χ2n) is 9.25. The number of ether oxygens (including phenoxy) is 5. The molecular weight excluding hydrogens is 424 g/mol. The summed E-state index contributed by atoms with van der Waals surface area (Å²) >= 11 is 0. The molecule has 0 aromatic carbocycles. The Morgan fingerprint density at radius 1 is 1.03 bits per heavy atom. The maximum Gasteiger partial charge on any atom is 0.305 e. The Kier molecular flexibility index (Phi) is 11.9. The molecule has 0 aromatic rings. The van der Waals surface area contributed by atoms with Crippen LogP contribution >= 0.6 is 0 Å². The summed E-state index contributed by atoms with van der Waals surface area (Å²) < 4.78 is 28.3. The summed E-state index contributed by atoms with van der Waals surface area (Å²) in [4.78, 5) is 11.2. The van der Waals surface area contributed by atoms with Gasteiger partial charge in [-0.1, -0.05) is 24.3 Å². The van der Waals surface area contributed by atoms with Crippen molar-refractivity contribution in [3.63, 3.8) is 0 Å². The van der Waals surface area contributed by atoms with Crippen molar-refractivity contribution in [1.82, 2.24) is 0 Å². The lowest BCUT2D eigenvalue weighted by molar-refractivity contribution is -0.193. The van der Waals surface area contributed by atoms with Crippen molar-refractivity contribution in [2.45, 2.75) is 95.4 Å². The lowest BCUT2D eigenvalue weighted by atomic mass is 9.90. The van der Waals surface area contributed by atoms with E-state index in [0.29, 0.717) is 19.4 Å². The number of carbonyl (C=O) groups excluding carboxylic acids is 1. The van der Waals surface area contributed by atoms with Crippen molar-refractivity contribution in [2.75, 3.05) is 26.9 Å². The minimum Gasteiger partial charge on any atom is -0.469 e. The molecule has 6 atom stereocenters. The van der Waals surface area contributed by atoms with Crippen molar-refractivity contribution in [2.24, 2.45) is 11.8 Å². The van der Waals surface area contributed by atoms with E-state index in [4.69, 9.17) is 18.9 Å². The van der Waals surface area contributed by atoms with E-state index in [1.807, 2.05) is 6.08 Å². The summed E-state index contributed by atoms with van der Waals surface area (Å²) in [5.74, 6) is 0.00401. The van der Waals surface area contributed by atoms with Crippen molar-refractivity contribution >= 4 is 5.97 Å². The molecule has 0 bridgehead atoms. The number of aliphatic hydroxyl groups excluding tert-OH is 1. The summed E-state index contributed by atoms with van der Waals surface area (Å²) in [6.07, 6.45) is 17.4. The fourth-order valence-electron chi connectivity index (χ4n) is 4.90. The van der Waals surface area contributed by atoms with Gasteiger partial charge < -0.3 is 28.8 Å². The van der Waals surface area contributed by atoms with Gasteiger partial charge in [0, 0.05) is 32.0 Å². The quantitative estimate of drug-likeness (QED) is 0.261. The van der Waals surface area contributed by atoms with Crippen LogP contribution in [0.1, 0.15) is 70.6 Å². The van der Waals surface area contributed by atoms with E-state index < -0.39 is 6.10 Å². The molecule has 0 radical (unpaired) electrons. The Morgan fingerprint density at radius 2 is 1.79 bits per heavy atom. The van der Waals surface area contributed by atoms with Gasteiger partial charge in [-0.05, 0) is 63.7 Å².